The molecule has 148 valence electrons. The fourth-order valence-corrected chi connectivity index (χ4v) is 3.55. The van der Waals surface area contributed by atoms with E-state index in [4.69, 9.17) is 4.74 Å². The van der Waals surface area contributed by atoms with Gasteiger partial charge in [0.1, 0.15) is 11.4 Å². The fraction of sp³-hybridized carbons (Fsp3) is 0.409. The van der Waals surface area contributed by atoms with Gasteiger partial charge < -0.3 is 15.0 Å². The number of hydrogen-bond acceptors (Lipinski definition) is 5. The number of esters is 1. The minimum absolute atomic E-state index is 0.177. The number of hydrogen-bond donors (Lipinski definition) is 1. The maximum atomic E-state index is 13.2. The third-order valence-corrected chi connectivity index (χ3v) is 5.26. The highest BCUT2D eigenvalue weighted by atomic mass is 16.5. The van der Waals surface area contributed by atoms with Crippen LogP contribution in [0, 0.1) is 0 Å². The van der Waals surface area contributed by atoms with Crippen molar-refractivity contribution in [1.29, 1.82) is 0 Å². The Morgan fingerprint density at radius 2 is 1.82 bits per heavy atom. The van der Waals surface area contributed by atoms with Crippen molar-refractivity contribution in [3.05, 3.63) is 59.3 Å². The molecule has 1 aliphatic carbocycles. The molecule has 0 radical (unpaired) electrons. The Balaban J connectivity index is 1.93. The van der Waals surface area contributed by atoms with Crippen molar-refractivity contribution in [3.63, 3.8) is 0 Å². The number of amides is 1. The molecule has 6 nitrogen and oxygen atoms in total. The van der Waals surface area contributed by atoms with Crippen LogP contribution in [-0.2, 0) is 22.4 Å². The first-order valence-electron chi connectivity index (χ1n) is 9.62. The van der Waals surface area contributed by atoms with Crippen molar-refractivity contribution in [2.45, 2.75) is 45.2 Å². The molecule has 1 heterocycles. The molecule has 0 spiro atoms. The van der Waals surface area contributed by atoms with E-state index in [1.54, 1.807) is 25.3 Å². The summed E-state index contributed by atoms with van der Waals surface area (Å²) in [5.41, 5.74) is 1.46. The zero-order valence-electron chi connectivity index (χ0n) is 16.9. The lowest BCUT2D eigenvalue weighted by Crippen LogP contribution is -2.56. The summed E-state index contributed by atoms with van der Waals surface area (Å²) in [7, 11) is 1.90. The molecular weight excluding hydrogens is 354 g/mol. The van der Waals surface area contributed by atoms with E-state index in [0.29, 0.717) is 24.2 Å². The minimum atomic E-state index is -1.10. The van der Waals surface area contributed by atoms with Crippen LogP contribution in [0.2, 0.25) is 0 Å². The number of nitrogens with one attached hydrogen (secondary N) is 1. The lowest BCUT2D eigenvalue weighted by Gasteiger charge is -2.29. The van der Waals surface area contributed by atoms with Crippen LogP contribution in [0.4, 0.5) is 5.82 Å². The maximum Gasteiger partial charge on any atom is 0.332 e. The molecule has 0 atom stereocenters. The van der Waals surface area contributed by atoms with Crippen molar-refractivity contribution in [2.75, 3.05) is 18.6 Å². The Bertz CT molecular complexity index is 854. The number of carbonyl (C=O) groups is 2. The van der Waals surface area contributed by atoms with Crippen LogP contribution in [0.15, 0.2) is 42.6 Å². The van der Waals surface area contributed by atoms with Gasteiger partial charge in [0.2, 0.25) is 0 Å². The van der Waals surface area contributed by atoms with Crippen LogP contribution in [-0.4, -0.2) is 42.1 Å². The first kappa shape index (κ1) is 19.9. The standard InChI is InChI=1S/C22H27N3O3/c1-5-28-21(27)22(13-16-9-6-7-10-17(16)14-22)24-20(26)18-11-8-12-23-19(18)25(4)15(2)3/h6-12,15H,5,13-14H2,1-4H3,(H,24,26). The van der Waals surface area contributed by atoms with Crippen molar-refractivity contribution in [2.24, 2.45) is 0 Å². The first-order chi connectivity index (χ1) is 13.4. The van der Waals surface area contributed by atoms with Crippen LogP contribution < -0.4 is 10.2 Å². The van der Waals surface area contributed by atoms with Crippen LogP contribution in [0.25, 0.3) is 0 Å². The smallest absolute Gasteiger partial charge is 0.332 e. The van der Waals surface area contributed by atoms with E-state index in [0.717, 1.165) is 11.1 Å². The number of fused-ring (bicyclic) bond motifs is 1. The monoisotopic (exact) mass is 381 g/mol. The first-order valence-corrected chi connectivity index (χ1v) is 9.62. The lowest BCUT2D eigenvalue weighted by atomic mass is 9.95. The Morgan fingerprint density at radius 1 is 1.18 bits per heavy atom. The van der Waals surface area contributed by atoms with E-state index >= 15 is 0 Å². The predicted octanol–water partition coefficient (Wildman–Crippen LogP) is 2.76. The molecule has 1 aromatic carbocycles. The largest absolute Gasteiger partial charge is 0.464 e. The van der Waals surface area contributed by atoms with Gasteiger partial charge in [0, 0.05) is 32.1 Å². The number of pyridine rings is 1. The molecule has 0 aliphatic heterocycles. The third kappa shape index (κ3) is 3.72. The highest BCUT2D eigenvalue weighted by molar-refractivity contribution is 6.02. The molecule has 1 amide bonds. The minimum Gasteiger partial charge on any atom is -0.464 e. The van der Waals surface area contributed by atoms with Crippen LogP contribution in [0.5, 0.6) is 0 Å². The van der Waals surface area contributed by atoms with Crippen molar-refractivity contribution in [1.82, 2.24) is 10.3 Å². The quantitative estimate of drug-likeness (QED) is 0.779. The summed E-state index contributed by atoms with van der Waals surface area (Å²) >= 11 is 0. The molecule has 0 saturated heterocycles. The Hall–Kier alpha value is -2.89. The summed E-state index contributed by atoms with van der Waals surface area (Å²) in [6, 6.07) is 11.5. The summed E-state index contributed by atoms with van der Waals surface area (Å²) in [6.45, 7) is 6.10. The second kappa shape index (κ2) is 8.00. The molecule has 1 N–H and O–H groups in total. The zero-order valence-corrected chi connectivity index (χ0v) is 16.9. The maximum absolute atomic E-state index is 13.2. The van der Waals surface area contributed by atoms with E-state index in [2.05, 4.69) is 10.3 Å². The highest BCUT2D eigenvalue weighted by Gasteiger charge is 2.46. The van der Waals surface area contributed by atoms with Crippen LogP contribution in [0.1, 0.15) is 42.3 Å². The van der Waals surface area contributed by atoms with Crippen molar-refractivity contribution >= 4 is 17.7 Å². The van der Waals surface area contributed by atoms with Gasteiger partial charge >= 0.3 is 5.97 Å². The van der Waals surface area contributed by atoms with E-state index in [-0.39, 0.29) is 18.6 Å². The number of aromatic nitrogens is 1. The predicted molar refractivity (Wildman–Crippen MR) is 108 cm³/mol. The number of benzene rings is 1. The highest BCUT2D eigenvalue weighted by Crippen LogP contribution is 2.32. The molecule has 3 rings (SSSR count). The summed E-state index contributed by atoms with van der Waals surface area (Å²) in [5, 5.41) is 2.99. The van der Waals surface area contributed by atoms with Gasteiger partial charge in [0.05, 0.1) is 12.2 Å². The molecule has 0 saturated carbocycles. The summed E-state index contributed by atoms with van der Waals surface area (Å²) in [4.78, 5) is 32.4. The van der Waals surface area contributed by atoms with Crippen molar-refractivity contribution < 1.29 is 14.3 Å². The van der Waals surface area contributed by atoms with Gasteiger partial charge in [-0.2, -0.15) is 0 Å². The zero-order chi connectivity index (χ0) is 20.3. The van der Waals surface area contributed by atoms with E-state index in [1.807, 2.05) is 50.1 Å². The molecule has 28 heavy (non-hydrogen) atoms. The number of anilines is 1. The Kier molecular flexibility index (Phi) is 5.68. The molecule has 0 fully saturated rings. The van der Waals surface area contributed by atoms with Gasteiger partial charge in [0.25, 0.3) is 5.91 Å². The Morgan fingerprint density at radius 3 is 2.39 bits per heavy atom. The molecule has 0 unspecified atom stereocenters. The molecule has 6 heteroatoms. The lowest BCUT2D eigenvalue weighted by molar-refractivity contribution is -0.150. The van der Waals surface area contributed by atoms with Gasteiger partial charge in [-0.3, -0.25) is 4.79 Å². The Labute approximate surface area is 165 Å². The number of ether oxygens (including phenoxy) is 1. The van der Waals surface area contributed by atoms with Gasteiger partial charge in [-0.25, -0.2) is 9.78 Å². The van der Waals surface area contributed by atoms with E-state index in [9.17, 15) is 9.59 Å². The van der Waals surface area contributed by atoms with Gasteiger partial charge in [-0.05, 0) is 44.0 Å². The normalized spacial score (nSPS) is 14.5. The van der Waals surface area contributed by atoms with Crippen LogP contribution in [0.3, 0.4) is 0 Å². The van der Waals surface area contributed by atoms with Crippen LogP contribution >= 0.6 is 0 Å². The molecule has 0 bridgehead atoms. The fourth-order valence-electron chi connectivity index (χ4n) is 3.55. The van der Waals surface area contributed by atoms with E-state index in [1.165, 1.54) is 0 Å². The average Bonchev–Trinajstić information content (AvgIpc) is 3.06. The number of nitrogens with zero attached hydrogens (tertiary/aromatic N) is 2. The number of carbonyl (C=O) groups excluding carboxylic acids is 2. The van der Waals surface area contributed by atoms with Crippen molar-refractivity contribution in [3.8, 4) is 0 Å². The second-order valence-electron chi connectivity index (χ2n) is 7.46. The molecule has 1 aromatic heterocycles. The summed E-state index contributed by atoms with van der Waals surface area (Å²) in [5.74, 6) is -0.136. The third-order valence-electron chi connectivity index (χ3n) is 5.26. The molecule has 2 aromatic rings. The SMILES string of the molecule is CCOC(=O)C1(NC(=O)c2cccnc2N(C)C(C)C)Cc2ccccc2C1. The van der Waals surface area contributed by atoms with Gasteiger partial charge in [-0.1, -0.05) is 24.3 Å². The summed E-state index contributed by atoms with van der Waals surface area (Å²) in [6.07, 6.45) is 2.50. The molecular formula is C22H27N3O3. The number of rotatable bonds is 6. The van der Waals surface area contributed by atoms with Gasteiger partial charge in [0.15, 0.2) is 0 Å². The van der Waals surface area contributed by atoms with E-state index < -0.39 is 11.5 Å². The topological polar surface area (TPSA) is 71.5 Å². The average molecular weight is 381 g/mol. The second-order valence-corrected chi connectivity index (χ2v) is 7.46. The summed E-state index contributed by atoms with van der Waals surface area (Å²) < 4.78 is 5.33. The van der Waals surface area contributed by atoms with Gasteiger partial charge in [-0.15, -0.1) is 0 Å². The molecule has 1 aliphatic rings.